The molecule has 0 spiro atoms. The Kier molecular flexibility index (Phi) is 4.94. The van der Waals surface area contributed by atoms with Crippen LogP contribution in [-0.4, -0.2) is 10.9 Å². The van der Waals surface area contributed by atoms with Crippen molar-refractivity contribution >= 4 is 5.91 Å². The Morgan fingerprint density at radius 3 is 2.36 bits per heavy atom. The average Bonchev–Trinajstić information content (AvgIpc) is 2.63. The zero-order valence-corrected chi connectivity index (χ0v) is 14.8. The normalized spacial score (nSPS) is 11.8. The molecular weight excluding hydrogens is 308 g/mol. The first-order valence-corrected chi connectivity index (χ1v) is 8.40. The number of nitrogens with one attached hydrogen (secondary N) is 1. The van der Waals surface area contributed by atoms with Gasteiger partial charge in [-0.2, -0.15) is 0 Å². The van der Waals surface area contributed by atoms with Gasteiger partial charge in [-0.25, -0.2) is 0 Å². The molecule has 1 amide bonds. The molecule has 3 aromatic rings. The summed E-state index contributed by atoms with van der Waals surface area (Å²) in [7, 11) is 0. The SMILES string of the molecule is Cc1ccc([C@@H](NC(=O)c2ccccc2C)c2cccnc2)cc1C. The van der Waals surface area contributed by atoms with E-state index >= 15 is 0 Å². The molecule has 3 rings (SSSR count). The van der Waals surface area contributed by atoms with Crippen LogP contribution in [-0.2, 0) is 0 Å². The standard InChI is InChI=1S/C22H22N2O/c1-15-10-11-18(13-17(15)3)21(19-8-6-12-23-14-19)24-22(25)20-9-5-4-7-16(20)2/h4-14,21H,1-3H3,(H,24,25)/t21-/m1/s1. The van der Waals surface area contributed by atoms with Crippen LogP contribution in [0.3, 0.4) is 0 Å². The Morgan fingerprint density at radius 2 is 1.68 bits per heavy atom. The average molecular weight is 330 g/mol. The van der Waals surface area contributed by atoms with E-state index in [-0.39, 0.29) is 11.9 Å². The summed E-state index contributed by atoms with van der Waals surface area (Å²) in [4.78, 5) is 17.1. The maximum Gasteiger partial charge on any atom is 0.252 e. The zero-order valence-electron chi connectivity index (χ0n) is 14.8. The lowest BCUT2D eigenvalue weighted by atomic mass is 9.96. The fourth-order valence-corrected chi connectivity index (χ4v) is 2.89. The van der Waals surface area contributed by atoms with Gasteiger partial charge in [0.2, 0.25) is 0 Å². The number of amides is 1. The molecular formula is C22H22N2O. The van der Waals surface area contributed by atoms with Crippen molar-refractivity contribution in [2.75, 3.05) is 0 Å². The van der Waals surface area contributed by atoms with Gasteiger partial charge in [-0.1, -0.05) is 42.5 Å². The lowest BCUT2D eigenvalue weighted by Gasteiger charge is -2.21. The lowest BCUT2D eigenvalue weighted by molar-refractivity contribution is 0.0942. The molecule has 2 aromatic carbocycles. The van der Waals surface area contributed by atoms with Crippen LogP contribution in [0.1, 0.15) is 44.2 Å². The highest BCUT2D eigenvalue weighted by atomic mass is 16.1. The van der Waals surface area contributed by atoms with E-state index in [0.29, 0.717) is 5.56 Å². The lowest BCUT2D eigenvalue weighted by Crippen LogP contribution is -2.30. The van der Waals surface area contributed by atoms with E-state index in [1.54, 1.807) is 12.4 Å². The van der Waals surface area contributed by atoms with Gasteiger partial charge in [-0.3, -0.25) is 9.78 Å². The monoisotopic (exact) mass is 330 g/mol. The highest BCUT2D eigenvalue weighted by molar-refractivity contribution is 5.96. The van der Waals surface area contributed by atoms with E-state index in [2.05, 4.69) is 42.3 Å². The third-order valence-corrected chi connectivity index (χ3v) is 4.55. The molecule has 25 heavy (non-hydrogen) atoms. The second-order valence-electron chi connectivity index (χ2n) is 6.35. The maximum absolute atomic E-state index is 12.8. The summed E-state index contributed by atoms with van der Waals surface area (Å²) in [6, 6.07) is 17.6. The predicted octanol–water partition coefficient (Wildman–Crippen LogP) is 4.53. The number of hydrogen-bond acceptors (Lipinski definition) is 2. The van der Waals surface area contributed by atoms with Crippen LogP contribution < -0.4 is 5.32 Å². The third-order valence-electron chi connectivity index (χ3n) is 4.55. The van der Waals surface area contributed by atoms with Crippen molar-refractivity contribution in [3.05, 3.63) is 100 Å². The molecule has 1 N–H and O–H groups in total. The summed E-state index contributed by atoms with van der Waals surface area (Å²) in [5.41, 5.74) is 6.12. The molecule has 0 bridgehead atoms. The molecule has 0 unspecified atom stereocenters. The number of aryl methyl sites for hydroxylation is 3. The molecule has 3 nitrogen and oxygen atoms in total. The van der Waals surface area contributed by atoms with Crippen molar-refractivity contribution < 1.29 is 4.79 Å². The Bertz CT molecular complexity index is 888. The summed E-state index contributed by atoms with van der Waals surface area (Å²) >= 11 is 0. The van der Waals surface area contributed by atoms with Gasteiger partial charge >= 0.3 is 0 Å². The second kappa shape index (κ2) is 7.31. The molecule has 0 saturated heterocycles. The summed E-state index contributed by atoms with van der Waals surface area (Å²) < 4.78 is 0. The van der Waals surface area contributed by atoms with Crippen LogP contribution in [0.25, 0.3) is 0 Å². The number of carbonyl (C=O) groups excluding carboxylic acids is 1. The highest BCUT2D eigenvalue weighted by Gasteiger charge is 2.19. The van der Waals surface area contributed by atoms with Crippen LogP contribution in [0.5, 0.6) is 0 Å². The van der Waals surface area contributed by atoms with Crippen molar-refractivity contribution in [1.29, 1.82) is 0 Å². The van der Waals surface area contributed by atoms with Crippen molar-refractivity contribution in [2.45, 2.75) is 26.8 Å². The van der Waals surface area contributed by atoms with Gasteiger partial charge in [0.05, 0.1) is 6.04 Å². The minimum Gasteiger partial charge on any atom is -0.341 e. The van der Waals surface area contributed by atoms with Crippen LogP contribution in [0.4, 0.5) is 0 Å². The van der Waals surface area contributed by atoms with Gasteiger partial charge in [0, 0.05) is 18.0 Å². The van der Waals surface area contributed by atoms with E-state index < -0.39 is 0 Å². The Morgan fingerprint density at radius 1 is 0.880 bits per heavy atom. The summed E-state index contributed by atoms with van der Waals surface area (Å²) in [5, 5.41) is 3.17. The van der Waals surface area contributed by atoms with Crippen LogP contribution >= 0.6 is 0 Å². The highest BCUT2D eigenvalue weighted by Crippen LogP contribution is 2.24. The summed E-state index contributed by atoms with van der Waals surface area (Å²) in [5.74, 6) is -0.0785. The fraction of sp³-hybridized carbons (Fsp3) is 0.182. The minimum absolute atomic E-state index is 0.0785. The molecule has 0 fully saturated rings. The van der Waals surface area contributed by atoms with Crippen LogP contribution in [0, 0.1) is 20.8 Å². The van der Waals surface area contributed by atoms with Gasteiger partial charge < -0.3 is 5.32 Å². The maximum atomic E-state index is 12.8. The Labute approximate surface area is 148 Å². The molecule has 0 radical (unpaired) electrons. The molecule has 0 aliphatic heterocycles. The predicted molar refractivity (Wildman–Crippen MR) is 101 cm³/mol. The first kappa shape index (κ1) is 16.9. The molecule has 0 aliphatic rings. The van der Waals surface area contributed by atoms with Gasteiger partial charge in [0.25, 0.3) is 5.91 Å². The summed E-state index contributed by atoms with van der Waals surface area (Å²) in [6.45, 7) is 6.12. The molecule has 0 saturated carbocycles. The number of rotatable bonds is 4. The fourth-order valence-electron chi connectivity index (χ4n) is 2.89. The largest absolute Gasteiger partial charge is 0.341 e. The topological polar surface area (TPSA) is 42.0 Å². The number of pyridine rings is 1. The van der Waals surface area contributed by atoms with Gasteiger partial charge in [0.1, 0.15) is 0 Å². The summed E-state index contributed by atoms with van der Waals surface area (Å²) in [6.07, 6.45) is 3.54. The molecule has 1 atom stereocenters. The first-order chi connectivity index (χ1) is 12.1. The van der Waals surface area contributed by atoms with E-state index in [1.165, 1.54) is 11.1 Å². The van der Waals surface area contributed by atoms with E-state index in [0.717, 1.165) is 16.7 Å². The smallest absolute Gasteiger partial charge is 0.252 e. The van der Waals surface area contributed by atoms with Crippen LogP contribution in [0.2, 0.25) is 0 Å². The molecule has 126 valence electrons. The Balaban J connectivity index is 1.99. The van der Waals surface area contributed by atoms with Crippen molar-refractivity contribution in [2.24, 2.45) is 0 Å². The number of hydrogen-bond donors (Lipinski definition) is 1. The van der Waals surface area contributed by atoms with Gasteiger partial charge in [0.15, 0.2) is 0 Å². The molecule has 3 heteroatoms. The zero-order chi connectivity index (χ0) is 17.8. The number of nitrogens with zero attached hydrogens (tertiary/aromatic N) is 1. The van der Waals surface area contributed by atoms with Crippen molar-refractivity contribution in [3.8, 4) is 0 Å². The van der Waals surface area contributed by atoms with Gasteiger partial charge in [-0.15, -0.1) is 0 Å². The molecule has 0 aliphatic carbocycles. The Hall–Kier alpha value is -2.94. The number of carbonyl (C=O) groups is 1. The quantitative estimate of drug-likeness (QED) is 0.764. The van der Waals surface area contributed by atoms with E-state index in [4.69, 9.17) is 0 Å². The number of aromatic nitrogens is 1. The second-order valence-corrected chi connectivity index (χ2v) is 6.35. The third kappa shape index (κ3) is 3.77. The van der Waals surface area contributed by atoms with Crippen LogP contribution in [0.15, 0.2) is 67.0 Å². The van der Waals surface area contributed by atoms with E-state index in [9.17, 15) is 4.79 Å². The minimum atomic E-state index is -0.236. The first-order valence-electron chi connectivity index (χ1n) is 8.40. The molecule has 1 aromatic heterocycles. The number of benzene rings is 2. The van der Waals surface area contributed by atoms with E-state index in [1.807, 2.05) is 43.3 Å². The molecule has 1 heterocycles. The van der Waals surface area contributed by atoms with Gasteiger partial charge in [-0.05, 0) is 60.7 Å². The van der Waals surface area contributed by atoms with Crippen molar-refractivity contribution in [1.82, 2.24) is 10.3 Å². The van der Waals surface area contributed by atoms with Crippen molar-refractivity contribution in [3.63, 3.8) is 0 Å².